The highest BCUT2D eigenvalue weighted by Gasteiger charge is 1.73. The average molecular weight is 115 g/mol. The maximum Gasteiger partial charge on any atom is -0.00734 e. The van der Waals surface area contributed by atoms with Crippen LogP contribution >= 0.6 is 0 Å². The van der Waals surface area contributed by atoms with Gasteiger partial charge >= 0.3 is 0 Å². The maximum atomic E-state index is 5.12. The second-order valence-electron chi connectivity index (χ2n) is 1.37. The van der Waals surface area contributed by atoms with Gasteiger partial charge in [0, 0.05) is 0 Å². The van der Waals surface area contributed by atoms with Gasteiger partial charge in [-0.2, -0.15) is 0 Å². The molecule has 0 spiro atoms. The minimum atomic E-state index is 1.07. The monoisotopic (exact) mass is 115 g/mol. The lowest BCUT2D eigenvalue weighted by atomic mass is 10.3. The topological polar surface area (TPSA) is 26.0 Å². The van der Waals surface area contributed by atoms with E-state index < -0.39 is 0 Å². The summed E-state index contributed by atoms with van der Waals surface area (Å²) in [6.07, 6.45) is 2.70. The van der Waals surface area contributed by atoms with Gasteiger partial charge < -0.3 is 5.73 Å². The van der Waals surface area contributed by atoms with E-state index in [1.54, 1.807) is 6.20 Å². The minimum Gasteiger partial charge on any atom is -0.405 e. The van der Waals surface area contributed by atoms with Crippen LogP contribution in [0.3, 0.4) is 0 Å². The van der Waals surface area contributed by atoms with Gasteiger partial charge in [0.15, 0.2) is 0 Å². The first kappa shape index (κ1) is 10.5. The number of hydrogen-bond donors (Lipinski definition) is 1. The average Bonchev–Trinajstić information content (AvgIpc) is 1.91. The smallest absolute Gasteiger partial charge is 0.00734 e. The Morgan fingerprint density at radius 3 is 1.88 bits per heavy atom. The van der Waals surface area contributed by atoms with Gasteiger partial charge in [-0.1, -0.05) is 26.3 Å². The molecule has 8 heavy (non-hydrogen) atoms. The molecule has 2 N–H and O–H groups in total. The Balaban J connectivity index is 0. The summed E-state index contributed by atoms with van der Waals surface area (Å²) < 4.78 is 0. The zero-order valence-corrected chi connectivity index (χ0v) is 6.36. The Bertz CT molecular complexity index is 55.4. The number of nitrogens with two attached hydrogens (primary N) is 1. The number of allylic oxidation sites excluding steroid dienone is 1. The van der Waals surface area contributed by atoms with Crippen LogP contribution in [0, 0.1) is 0 Å². The van der Waals surface area contributed by atoms with E-state index in [9.17, 15) is 0 Å². The summed E-state index contributed by atoms with van der Waals surface area (Å²) in [6, 6.07) is 0. The first-order valence-corrected chi connectivity index (χ1v) is 3.18. The van der Waals surface area contributed by atoms with Crippen LogP contribution in [0.15, 0.2) is 11.8 Å². The van der Waals surface area contributed by atoms with Crippen LogP contribution in [0.25, 0.3) is 0 Å². The van der Waals surface area contributed by atoms with Gasteiger partial charge in [0.05, 0.1) is 0 Å². The van der Waals surface area contributed by atoms with Crippen LogP contribution in [-0.4, -0.2) is 0 Å². The Morgan fingerprint density at radius 2 is 1.88 bits per heavy atom. The fourth-order valence-electron chi connectivity index (χ4n) is 0.118. The molecule has 0 aromatic carbocycles. The van der Waals surface area contributed by atoms with Crippen molar-refractivity contribution in [2.45, 2.75) is 34.1 Å². The number of hydrogen-bond acceptors (Lipinski definition) is 1. The lowest BCUT2D eigenvalue weighted by molar-refractivity contribution is 1.09. The van der Waals surface area contributed by atoms with Crippen molar-refractivity contribution in [2.24, 2.45) is 5.73 Å². The molecule has 0 amide bonds. The van der Waals surface area contributed by atoms with E-state index in [1.807, 2.05) is 20.8 Å². The minimum absolute atomic E-state index is 1.07. The predicted octanol–water partition coefficient (Wildman–Crippen LogP) is 2.29. The predicted molar refractivity (Wildman–Crippen MR) is 39.6 cm³/mol. The standard InChI is InChI=1S/C5H11N.C2H6/c1-3-5(2)4-6;1-2/h4H,3,6H2,1-2H3;1-2H3/b5-4+;. The van der Waals surface area contributed by atoms with Crippen LogP contribution < -0.4 is 5.73 Å². The van der Waals surface area contributed by atoms with Gasteiger partial charge in [-0.3, -0.25) is 0 Å². The van der Waals surface area contributed by atoms with E-state index in [2.05, 4.69) is 6.92 Å². The van der Waals surface area contributed by atoms with Crippen LogP contribution in [-0.2, 0) is 0 Å². The van der Waals surface area contributed by atoms with Crippen molar-refractivity contribution in [1.82, 2.24) is 0 Å². The normalized spacial score (nSPS) is 9.75. The number of rotatable bonds is 1. The molecule has 0 rings (SSSR count). The molecule has 50 valence electrons. The molecule has 0 aliphatic rings. The molecule has 0 atom stereocenters. The molecule has 0 fully saturated rings. The van der Waals surface area contributed by atoms with Gasteiger partial charge in [-0.25, -0.2) is 0 Å². The van der Waals surface area contributed by atoms with Crippen molar-refractivity contribution >= 4 is 0 Å². The zero-order valence-electron chi connectivity index (χ0n) is 6.36. The Labute approximate surface area is 52.6 Å². The quantitative estimate of drug-likeness (QED) is 0.557. The highest BCUT2D eigenvalue weighted by molar-refractivity contribution is 4.92. The summed E-state index contributed by atoms with van der Waals surface area (Å²) in [6.45, 7) is 8.10. The molecule has 0 aromatic rings. The third kappa shape index (κ3) is 9.11. The fourth-order valence-corrected chi connectivity index (χ4v) is 0.118. The van der Waals surface area contributed by atoms with E-state index >= 15 is 0 Å². The molecule has 0 aromatic heterocycles. The third-order valence-electron chi connectivity index (χ3n) is 0.842. The van der Waals surface area contributed by atoms with Crippen LogP contribution in [0.1, 0.15) is 34.1 Å². The van der Waals surface area contributed by atoms with Gasteiger partial charge in [0.2, 0.25) is 0 Å². The molecule has 0 aliphatic carbocycles. The van der Waals surface area contributed by atoms with Crippen molar-refractivity contribution < 1.29 is 0 Å². The Kier molecular flexibility index (Phi) is 12.8. The van der Waals surface area contributed by atoms with E-state index in [4.69, 9.17) is 5.73 Å². The highest BCUT2D eigenvalue weighted by Crippen LogP contribution is 1.91. The van der Waals surface area contributed by atoms with Gasteiger partial charge in [0.25, 0.3) is 0 Å². The van der Waals surface area contributed by atoms with E-state index in [-0.39, 0.29) is 0 Å². The van der Waals surface area contributed by atoms with Crippen LogP contribution in [0.4, 0.5) is 0 Å². The lowest BCUT2D eigenvalue weighted by Gasteiger charge is -1.85. The van der Waals surface area contributed by atoms with Crippen molar-refractivity contribution in [3.8, 4) is 0 Å². The summed E-state index contributed by atoms with van der Waals surface area (Å²) in [5, 5.41) is 0. The fraction of sp³-hybridized carbons (Fsp3) is 0.714. The first-order chi connectivity index (χ1) is 3.81. The summed E-state index contributed by atoms with van der Waals surface area (Å²) in [7, 11) is 0. The zero-order chi connectivity index (χ0) is 6.99. The molecular formula is C7H17N. The molecule has 0 saturated heterocycles. The first-order valence-electron chi connectivity index (χ1n) is 3.18. The molecule has 0 radical (unpaired) electrons. The molecular weight excluding hydrogens is 98.1 g/mol. The molecule has 1 nitrogen and oxygen atoms in total. The van der Waals surface area contributed by atoms with E-state index in [1.165, 1.54) is 5.57 Å². The Hall–Kier alpha value is -0.460. The summed E-state index contributed by atoms with van der Waals surface area (Å²) in [5.41, 5.74) is 6.37. The second-order valence-corrected chi connectivity index (χ2v) is 1.37. The van der Waals surface area contributed by atoms with Gasteiger partial charge in [-0.05, 0) is 19.5 Å². The van der Waals surface area contributed by atoms with Crippen molar-refractivity contribution in [3.63, 3.8) is 0 Å². The van der Waals surface area contributed by atoms with Crippen LogP contribution in [0.5, 0.6) is 0 Å². The van der Waals surface area contributed by atoms with Crippen molar-refractivity contribution in [3.05, 3.63) is 11.8 Å². The molecule has 0 saturated carbocycles. The lowest BCUT2D eigenvalue weighted by Crippen LogP contribution is -1.80. The van der Waals surface area contributed by atoms with E-state index in [0.29, 0.717) is 0 Å². The maximum absolute atomic E-state index is 5.12. The summed E-state index contributed by atoms with van der Waals surface area (Å²) in [4.78, 5) is 0. The third-order valence-corrected chi connectivity index (χ3v) is 0.842. The highest BCUT2D eigenvalue weighted by atomic mass is 14.5. The summed E-state index contributed by atoms with van der Waals surface area (Å²) in [5.74, 6) is 0. The molecule has 0 aliphatic heterocycles. The largest absolute Gasteiger partial charge is 0.405 e. The van der Waals surface area contributed by atoms with Gasteiger partial charge in [0.1, 0.15) is 0 Å². The van der Waals surface area contributed by atoms with Crippen LogP contribution in [0.2, 0.25) is 0 Å². The van der Waals surface area contributed by atoms with Gasteiger partial charge in [-0.15, -0.1) is 0 Å². The Morgan fingerprint density at radius 1 is 1.50 bits per heavy atom. The molecule has 1 heteroatoms. The molecule has 0 unspecified atom stereocenters. The SMILES string of the molecule is CC.CC/C(C)=C/N. The van der Waals surface area contributed by atoms with E-state index in [0.717, 1.165) is 6.42 Å². The van der Waals surface area contributed by atoms with Crippen molar-refractivity contribution in [2.75, 3.05) is 0 Å². The molecule has 0 bridgehead atoms. The molecule has 0 heterocycles. The second kappa shape index (κ2) is 9.74. The summed E-state index contributed by atoms with van der Waals surface area (Å²) >= 11 is 0. The van der Waals surface area contributed by atoms with Crippen molar-refractivity contribution in [1.29, 1.82) is 0 Å².